The summed E-state index contributed by atoms with van der Waals surface area (Å²) in [5, 5.41) is 4.18. The number of nitrogens with zero attached hydrogens (tertiary/aromatic N) is 1. The zero-order valence-electron chi connectivity index (χ0n) is 16.5. The number of H-pyrrole nitrogens is 2. The lowest BCUT2D eigenvalue weighted by molar-refractivity contribution is 0.378. The van der Waals surface area contributed by atoms with Gasteiger partial charge >= 0.3 is 0 Å². The molecule has 0 aliphatic heterocycles. The van der Waals surface area contributed by atoms with Crippen LogP contribution < -0.4 is 26.2 Å². The minimum Gasteiger partial charge on any atom is -0.493 e. The Hall–Kier alpha value is -4.46. The Labute approximate surface area is 175 Å². The predicted octanol–water partition coefficient (Wildman–Crippen LogP) is 3.54. The van der Waals surface area contributed by atoms with Crippen LogP contribution in [-0.2, 0) is 0 Å². The van der Waals surface area contributed by atoms with Crippen molar-refractivity contribution in [3.8, 4) is 22.9 Å². The second-order valence-electron chi connectivity index (χ2n) is 6.99. The summed E-state index contributed by atoms with van der Waals surface area (Å²) in [5.41, 5.74) is 7.40. The number of nitrogens with two attached hydrogens (primary N) is 1. The van der Waals surface area contributed by atoms with E-state index in [9.17, 15) is 9.59 Å². The van der Waals surface area contributed by atoms with Crippen LogP contribution in [0.1, 0.15) is 0 Å². The maximum Gasteiger partial charge on any atom is 0.261 e. The van der Waals surface area contributed by atoms with Crippen molar-refractivity contribution >= 4 is 27.6 Å². The minimum atomic E-state index is -0.378. The number of methoxy groups -OCH3 is 1. The standard InChI is InChI=1S/C23H18N4O4/c1-30-19-11-13(7-10-18(19)31-15-5-3-2-4-6-15)27-22(24)20-21(26-27)16-9-8-14(28)12-17(16)25-23(20)29/h2-12,26H,24H2,1H3,(H,25,29). The van der Waals surface area contributed by atoms with Gasteiger partial charge < -0.3 is 20.2 Å². The first-order valence-electron chi connectivity index (χ1n) is 9.53. The molecule has 0 saturated carbocycles. The zero-order chi connectivity index (χ0) is 21.5. The van der Waals surface area contributed by atoms with E-state index in [1.807, 2.05) is 30.3 Å². The molecule has 2 aromatic heterocycles. The van der Waals surface area contributed by atoms with Crippen LogP contribution in [0.5, 0.6) is 17.2 Å². The monoisotopic (exact) mass is 414 g/mol. The zero-order valence-corrected chi connectivity index (χ0v) is 16.5. The molecule has 0 radical (unpaired) electrons. The lowest BCUT2D eigenvalue weighted by Gasteiger charge is -2.13. The normalized spacial score (nSPS) is 11.1. The molecule has 0 bridgehead atoms. The van der Waals surface area contributed by atoms with E-state index < -0.39 is 0 Å². The molecule has 2 heterocycles. The first kappa shape index (κ1) is 18.6. The molecule has 0 aliphatic carbocycles. The van der Waals surface area contributed by atoms with Crippen LogP contribution in [0, 0.1) is 0 Å². The quantitative estimate of drug-likeness (QED) is 0.416. The van der Waals surface area contributed by atoms with Gasteiger partial charge in [0.15, 0.2) is 16.9 Å². The molecule has 0 atom stereocenters. The molecule has 0 fully saturated rings. The van der Waals surface area contributed by atoms with Crippen molar-refractivity contribution in [2.75, 3.05) is 12.8 Å². The van der Waals surface area contributed by atoms with E-state index in [-0.39, 0.29) is 16.8 Å². The van der Waals surface area contributed by atoms with E-state index in [1.54, 1.807) is 36.1 Å². The first-order valence-corrected chi connectivity index (χ1v) is 9.53. The number of ether oxygens (including phenoxy) is 2. The van der Waals surface area contributed by atoms with Crippen LogP contribution >= 0.6 is 0 Å². The first-order chi connectivity index (χ1) is 15.0. The van der Waals surface area contributed by atoms with Crippen molar-refractivity contribution in [2.45, 2.75) is 0 Å². The number of aromatic nitrogens is 3. The molecule has 3 aromatic carbocycles. The van der Waals surface area contributed by atoms with Crippen LogP contribution in [0.15, 0.2) is 76.3 Å². The van der Waals surface area contributed by atoms with Gasteiger partial charge in [-0.3, -0.25) is 14.7 Å². The average molecular weight is 414 g/mol. The van der Waals surface area contributed by atoms with Crippen LogP contribution in [0.3, 0.4) is 0 Å². The van der Waals surface area contributed by atoms with E-state index in [0.29, 0.717) is 44.7 Å². The van der Waals surface area contributed by atoms with E-state index in [0.717, 1.165) is 0 Å². The smallest absolute Gasteiger partial charge is 0.261 e. The minimum absolute atomic E-state index is 0.186. The fourth-order valence-electron chi connectivity index (χ4n) is 3.62. The molecule has 31 heavy (non-hydrogen) atoms. The summed E-state index contributed by atoms with van der Waals surface area (Å²) in [6.07, 6.45) is 0. The number of anilines is 1. The Morgan fingerprint density at radius 2 is 1.74 bits per heavy atom. The highest BCUT2D eigenvalue weighted by molar-refractivity contribution is 6.06. The maximum atomic E-state index is 12.6. The molecule has 0 amide bonds. The lowest BCUT2D eigenvalue weighted by Crippen LogP contribution is -2.09. The number of benzene rings is 3. The Balaban J connectivity index is 1.66. The van der Waals surface area contributed by atoms with Crippen LogP contribution in [-0.4, -0.2) is 21.9 Å². The molecule has 0 aliphatic rings. The number of hydrogen-bond acceptors (Lipinski definition) is 5. The van der Waals surface area contributed by atoms with Crippen molar-refractivity contribution in [2.24, 2.45) is 0 Å². The SMILES string of the molecule is COc1cc(-n2[nH]c3c(c2N)c(=O)[nH]c2cc(=O)ccc23)ccc1Oc1ccccc1. The number of nitrogens with one attached hydrogen (secondary N) is 2. The van der Waals surface area contributed by atoms with Gasteiger partial charge in [-0.05, 0) is 36.4 Å². The van der Waals surface area contributed by atoms with Gasteiger partial charge in [-0.15, -0.1) is 0 Å². The van der Waals surface area contributed by atoms with Gasteiger partial charge in [0, 0.05) is 17.5 Å². The summed E-state index contributed by atoms with van der Waals surface area (Å²) >= 11 is 0. The molecule has 0 saturated heterocycles. The number of nitrogen functional groups attached to an aromatic ring is 1. The van der Waals surface area contributed by atoms with Crippen molar-refractivity contribution in [1.29, 1.82) is 0 Å². The van der Waals surface area contributed by atoms with E-state index >= 15 is 0 Å². The maximum absolute atomic E-state index is 12.6. The lowest BCUT2D eigenvalue weighted by atomic mass is 10.1. The van der Waals surface area contributed by atoms with Gasteiger partial charge in [0.25, 0.3) is 5.56 Å². The van der Waals surface area contributed by atoms with Crippen LogP contribution in [0.4, 0.5) is 5.82 Å². The molecular formula is C23H18N4O4. The van der Waals surface area contributed by atoms with E-state index in [2.05, 4.69) is 10.1 Å². The number of pyridine rings is 1. The third-order valence-corrected chi connectivity index (χ3v) is 5.08. The van der Waals surface area contributed by atoms with Crippen LogP contribution in [0.2, 0.25) is 0 Å². The Morgan fingerprint density at radius 1 is 0.935 bits per heavy atom. The molecule has 8 nitrogen and oxygen atoms in total. The van der Waals surface area contributed by atoms with E-state index in [4.69, 9.17) is 15.2 Å². The van der Waals surface area contributed by atoms with Crippen LogP contribution in [0.25, 0.3) is 27.5 Å². The number of fused-ring (bicyclic) bond motifs is 3. The number of para-hydroxylation sites is 1. The molecule has 5 rings (SSSR count). The summed E-state index contributed by atoms with van der Waals surface area (Å²) in [6, 6.07) is 19.2. The predicted molar refractivity (Wildman–Crippen MR) is 120 cm³/mol. The fraction of sp³-hybridized carbons (Fsp3) is 0.0435. The Morgan fingerprint density at radius 3 is 2.52 bits per heavy atom. The third kappa shape index (κ3) is 3.10. The summed E-state index contributed by atoms with van der Waals surface area (Å²) in [6.45, 7) is 0. The summed E-state index contributed by atoms with van der Waals surface area (Å²) in [5.74, 6) is 1.96. The summed E-state index contributed by atoms with van der Waals surface area (Å²) in [4.78, 5) is 27.0. The van der Waals surface area contributed by atoms with Crippen molar-refractivity contribution in [3.05, 3.63) is 87.3 Å². The number of rotatable bonds is 4. The number of aromatic amines is 2. The molecule has 0 unspecified atom stereocenters. The molecule has 154 valence electrons. The molecular weight excluding hydrogens is 396 g/mol. The van der Waals surface area contributed by atoms with Gasteiger partial charge in [0.2, 0.25) is 0 Å². The highest BCUT2D eigenvalue weighted by Crippen LogP contribution is 2.34. The molecule has 0 spiro atoms. The van der Waals surface area contributed by atoms with Gasteiger partial charge in [-0.1, -0.05) is 18.2 Å². The average Bonchev–Trinajstić information content (AvgIpc) is 3.12. The second kappa shape index (κ2) is 7.10. The van der Waals surface area contributed by atoms with Gasteiger partial charge in [-0.25, -0.2) is 4.68 Å². The topological polar surface area (TPSA) is 115 Å². The van der Waals surface area contributed by atoms with Crippen molar-refractivity contribution < 1.29 is 9.47 Å². The van der Waals surface area contributed by atoms with Crippen molar-refractivity contribution in [1.82, 2.24) is 14.8 Å². The third-order valence-electron chi connectivity index (χ3n) is 5.08. The highest BCUT2D eigenvalue weighted by atomic mass is 16.5. The largest absolute Gasteiger partial charge is 0.493 e. The molecule has 5 aromatic rings. The molecule has 8 heteroatoms. The van der Waals surface area contributed by atoms with Gasteiger partial charge in [0.05, 0.1) is 23.8 Å². The van der Waals surface area contributed by atoms with E-state index in [1.165, 1.54) is 12.1 Å². The summed E-state index contributed by atoms with van der Waals surface area (Å²) < 4.78 is 13.0. The van der Waals surface area contributed by atoms with Crippen molar-refractivity contribution in [3.63, 3.8) is 0 Å². The molecule has 4 N–H and O–H groups in total. The Kier molecular flexibility index (Phi) is 4.25. The second-order valence-corrected chi connectivity index (χ2v) is 6.99. The summed E-state index contributed by atoms with van der Waals surface area (Å²) in [7, 11) is 1.55. The number of hydrogen-bond donors (Lipinski definition) is 3. The van der Waals surface area contributed by atoms with Gasteiger partial charge in [0.1, 0.15) is 17.0 Å². The Bertz CT molecular complexity index is 1550. The highest BCUT2D eigenvalue weighted by Gasteiger charge is 2.17. The fourth-order valence-corrected chi connectivity index (χ4v) is 3.62. The van der Waals surface area contributed by atoms with Gasteiger partial charge in [-0.2, -0.15) is 0 Å².